The molecule has 2 bridgehead atoms. The first-order chi connectivity index (χ1) is 20.7. The monoisotopic (exact) mass is 634 g/mol. The summed E-state index contributed by atoms with van der Waals surface area (Å²) in [5.41, 5.74) is 5.30. The van der Waals surface area contributed by atoms with Crippen LogP contribution < -0.4 is 4.90 Å². The first kappa shape index (κ1) is 27.4. The van der Waals surface area contributed by atoms with Gasteiger partial charge in [-0.2, -0.15) is 0 Å². The van der Waals surface area contributed by atoms with Crippen molar-refractivity contribution in [1.82, 2.24) is 4.98 Å². The number of ketones is 1. The molecule has 43 heavy (non-hydrogen) atoms. The van der Waals surface area contributed by atoms with E-state index < -0.39 is 12.6 Å². The first-order valence-corrected chi connectivity index (χ1v) is 15.0. The molecule has 2 fully saturated rings. The molecule has 2 heterocycles. The lowest BCUT2D eigenvalue weighted by molar-refractivity contribution is -0.123. The largest absolute Gasteiger partial charge is 0.454 e. The Balaban J connectivity index is 1.16. The van der Waals surface area contributed by atoms with Crippen molar-refractivity contribution in [1.29, 1.82) is 0 Å². The number of hydrogen-bond acceptors (Lipinski definition) is 6. The highest BCUT2D eigenvalue weighted by atomic mass is 79.9. The molecule has 1 saturated carbocycles. The minimum atomic E-state index is -0.625. The standard InChI is InChI=1S/C35H27BrN2O5/c1-18-3-12-28-26(13-18)27(35(42)43-17-30(39)21-4-8-23(36)9-5-21)16-29(37-28)20-6-10-24(11-7-20)38-33(40)31-22-14-19(2)25(15-22)32(31)34(38)41/h3-14,16,22,25,31-32H,15,17H2,1-2H3. The van der Waals surface area contributed by atoms with Crippen LogP contribution in [-0.4, -0.2) is 35.2 Å². The van der Waals surface area contributed by atoms with E-state index in [-0.39, 0.29) is 41.3 Å². The number of anilines is 1. The average Bonchev–Trinajstić information content (AvgIpc) is 3.65. The normalized spacial score (nSPS) is 22.2. The molecular weight excluding hydrogens is 608 g/mol. The zero-order valence-corrected chi connectivity index (χ0v) is 25.1. The van der Waals surface area contributed by atoms with Gasteiger partial charge in [-0.05, 0) is 74.6 Å². The SMILES string of the molecule is CC1=CC2CC1C1C(=O)N(c3ccc(-c4cc(C(=O)OCC(=O)c5ccc(Br)cc5)c5cc(C)ccc5n4)cc3)C(=O)C21. The van der Waals surface area contributed by atoms with Crippen molar-refractivity contribution in [3.8, 4) is 11.3 Å². The second-order valence-corrected chi connectivity index (χ2v) is 12.5. The number of imide groups is 1. The van der Waals surface area contributed by atoms with Crippen molar-refractivity contribution in [3.63, 3.8) is 0 Å². The fourth-order valence-corrected chi connectivity index (χ4v) is 7.16. The number of aryl methyl sites for hydroxylation is 1. The number of fused-ring (bicyclic) bond motifs is 6. The summed E-state index contributed by atoms with van der Waals surface area (Å²) in [5, 5.41) is 0.625. The smallest absolute Gasteiger partial charge is 0.339 e. The number of rotatable bonds is 6. The van der Waals surface area contributed by atoms with Crippen LogP contribution in [0.2, 0.25) is 0 Å². The Labute approximate surface area is 256 Å². The van der Waals surface area contributed by atoms with Crippen molar-refractivity contribution >= 4 is 56.1 Å². The molecule has 3 aliphatic rings. The quantitative estimate of drug-likeness (QED) is 0.101. The number of carbonyl (C=O) groups is 4. The highest BCUT2D eigenvalue weighted by Crippen LogP contribution is 2.56. The molecule has 0 N–H and O–H groups in total. The molecule has 7 nitrogen and oxygen atoms in total. The van der Waals surface area contributed by atoms with E-state index in [2.05, 4.69) is 28.9 Å². The fourth-order valence-electron chi connectivity index (χ4n) is 6.89. The number of halogens is 1. The minimum absolute atomic E-state index is 0.121. The average molecular weight is 636 g/mol. The number of Topliss-reactive ketones (excluding diaryl/α,β-unsaturated/α-hetero) is 1. The summed E-state index contributed by atoms with van der Waals surface area (Å²) in [5.74, 6) is -1.41. The summed E-state index contributed by atoms with van der Waals surface area (Å²) in [7, 11) is 0. The van der Waals surface area contributed by atoms with Gasteiger partial charge in [0.25, 0.3) is 0 Å². The lowest BCUT2D eigenvalue weighted by Crippen LogP contribution is -2.32. The Bertz CT molecular complexity index is 1880. The number of nitrogens with zero attached hydrogens (tertiary/aromatic N) is 2. The van der Waals surface area contributed by atoms with Crippen LogP contribution in [0.15, 0.2) is 88.9 Å². The van der Waals surface area contributed by atoms with E-state index in [0.29, 0.717) is 39.0 Å². The minimum Gasteiger partial charge on any atom is -0.454 e. The summed E-state index contributed by atoms with van der Waals surface area (Å²) < 4.78 is 6.32. The van der Waals surface area contributed by atoms with Crippen LogP contribution in [0, 0.1) is 30.6 Å². The van der Waals surface area contributed by atoms with Crippen molar-refractivity contribution in [2.75, 3.05) is 11.5 Å². The van der Waals surface area contributed by atoms with Gasteiger partial charge >= 0.3 is 5.97 Å². The van der Waals surface area contributed by atoms with Crippen molar-refractivity contribution in [2.24, 2.45) is 23.7 Å². The van der Waals surface area contributed by atoms with Gasteiger partial charge in [0.15, 0.2) is 12.4 Å². The van der Waals surface area contributed by atoms with Crippen molar-refractivity contribution in [2.45, 2.75) is 20.3 Å². The van der Waals surface area contributed by atoms with Crippen LogP contribution in [0.4, 0.5) is 5.69 Å². The fraction of sp³-hybridized carbons (Fsp3) is 0.229. The Kier molecular flexibility index (Phi) is 6.62. The van der Waals surface area contributed by atoms with Crippen LogP contribution in [0.25, 0.3) is 22.2 Å². The number of allylic oxidation sites excluding steroid dienone is 2. The molecular formula is C35H27BrN2O5. The maximum atomic E-state index is 13.4. The predicted molar refractivity (Wildman–Crippen MR) is 165 cm³/mol. The predicted octanol–water partition coefficient (Wildman–Crippen LogP) is 6.71. The summed E-state index contributed by atoms with van der Waals surface area (Å²) >= 11 is 3.35. The van der Waals surface area contributed by atoms with E-state index in [9.17, 15) is 19.2 Å². The molecule has 2 aliphatic carbocycles. The van der Waals surface area contributed by atoms with E-state index in [1.165, 1.54) is 10.5 Å². The van der Waals surface area contributed by atoms with Gasteiger partial charge in [0, 0.05) is 21.0 Å². The van der Waals surface area contributed by atoms with Gasteiger partial charge in [0.2, 0.25) is 11.8 Å². The van der Waals surface area contributed by atoms with Gasteiger partial charge in [-0.1, -0.05) is 63.5 Å². The number of carbonyl (C=O) groups excluding carboxylic acids is 4. The third-order valence-corrected chi connectivity index (χ3v) is 9.52. The molecule has 1 aliphatic heterocycles. The highest BCUT2D eigenvalue weighted by molar-refractivity contribution is 9.10. The lowest BCUT2D eigenvalue weighted by Gasteiger charge is -2.19. The summed E-state index contributed by atoms with van der Waals surface area (Å²) in [6.07, 6.45) is 3.05. The Morgan fingerprint density at radius 1 is 0.930 bits per heavy atom. The number of ether oxygens (including phenoxy) is 1. The highest BCUT2D eigenvalue weighted by Gasteiger charge is 2.60. The number of amides is 2. The number of benzene rings is 3. The molecule has 8 heteroatoms. The summed E-state index contributed by atoms with van der Waals surface area (Å²) in [6.45, 7) is 3.59. The van der Waals surface area contributed by atoms with Crippen LogP contribution in [-0.2, 0) is 14.3 Å². The maximum absolute atomic E-state index is 13.4. The molecule has 0 spiro atoms. The lowest BCUT2D eigenvalue weighted by atomic mass is 9.82. The summed E-state index contributed by atoms with van der Waals surface area (Å²) in [6, 6.07) is 21.3. The van der Waals surface area contributed by atoms with Crippen LogP contribution >= 0.6 is 15.9 Å². The van der Waals surface area contributed by atoms with Gasteiger partial charge in [0.05, 0.1) is 34.3 Å². The van der Waals surface area contributed by atoms with Gasteiger partial charge in [0.1, 0.15) is 0 Å². The van der Waals surface area contributed by atoms with Gasteiger partial charge < -0.3 is 4.74 Å². The molecule has 1 saturated heterocycles. The van der Waals surface area contributed by atoms with E-state index in [1.807, 2.05) is 25.1 Å². The van der Waals surface area contributed by atoms with E-state index in [1.54, 1.807) is 54.6 Å². The molecule has 214 valence electrons. The zero-order chi connectivity index (χ0) is 30.0. The molecule has 2 amide bonds. The molecule has 4 aromatic rings. The van der Waals surface area contributed by atoms with Gasteiger partial charge in [-0.15, -0.1) is 0 Å². The molecule has 1 aromatic heterocycles. The van der Waals surface area contributed by atoms with Crippen LogP contribution in [0.1, 0.15) is 39.6 Å². The molecule has 4 atom stereocenters. The second-order valence-electron chi connectivity index (χ2n) is 11.6. The van der Waals surface area contributed by atoms with Crippen LogP contribution in [0.3, 0.4) is 0 Å². The first-order valence-electron chi connectivity index (χ1n) is 14.2. The Morgan fingerprint density at radius 3 is 2.40 bits per heavy atom. The topological polar surface area (TPSA) is 93.6 Å². The van der Waals surface area contributed by atoms with Gasteiger partial charge in [-0.3, -0.25) is 19.3 Å². The number of esters is 1. The molecule has 4 unspecified atom stereocenters. The third-order valence-electron chi connectivity index (χ3n) is 8.99. The number of pyridine rings is 1. The Morgan fingerprint density at radius 2 is 1.65 bits per heavy atom. The third kappa shape index (κ3) is 4.61. The van der Waals surface area contributed by atoms with E-state index in [0.717, 1.165) is 16.5 Å². The number of hydrogen-bond donors (Lipinski definition) is 0. The van der Waals surface area contributed by atoms with Crippen molar-refractivity contribution in [3.05, 3.63) is 106 Å². The van der Waals surface area contributed by atoms with Crippen molar-refractivity contribution < 1.29 is 23.9 Å². The van der Waals surface area contributed by atoms with Gasteiger partial charge in [-0.25, -0.2) is 9.78 Å². The van der Waals surface area contributed by atoms with E-state index >= 15 is 0 Å². The summed E-state index contributed by atoms with van der Waals surface area (Å²) in [4.78, 5) is 58.8. The van der Waals surface area contributed by atoms with E-state index in [4.69, 9.17) is 9.72 Å². The molecule has 0 radical (unpaired) electrons. The zero-order valence-electron chi connectivity index (χ0n) is 23.5. The molecule has 3 aromatic carbocycles. The second kappa shape index (κ2) is 10.4. The van der Waals surface area contributed by atoms with Crippen LogP contribution in [0.5, 0.6) is 0 Å². The molecule has 7 rings (SSSR count). The Hall–Kier alpha value is -4.43. The number of aromatic nitrogens is 1. The maximum Gasteiger partial charge on any atom is 0.339 e.